The van der Waals surface area contributed by atoms with E-state index in [4.69, 9.17) is 4.74 Å². The number of non-ortho nitro benzene ring substituents is 1. The van der Waals surface area contributed by atoms with Crippen LogP contribution in [0.5, 0.6) is 5.75 Å². The summed E-state index contributed by atoms with van der Waals surface area (Å²) >= 11 is 0. The fourth-order valence-electron chi connectivity index (χ4n) is 2.61. The highest BCUT2D eigenvalue weighted by Gasteiger charge is 2.18. The van der Waals surface area contributed by atoms with Crippen LogP contribution in [0.15, 0.2) is 77.7 Å². The van der Waals surface area contributed by atoms with E-state index in [1.807, 2.05) is 0 Å². The van der Waals surface area contributed by atoms with E-state index in [1.54, 1.807) is 0 Å². The van der Waals surface area contributed by atoms with Gasteiger partial charge in [0.1, 0.15) is 0 Å². The molecule has 0 aliphatic heterocycles. The monoisotopic (exact) mass is 488 g/mol. The number of sulfonamides is 1. The Labute approximate surface area is 192 Å². The molecule has 0 saturated carbocycles. The molecule has 34 heavy (non-hydrogen) atoms. The summed E-state index contributed by atoms with van der Waals surface area (Å²) in [6.45, 7) is -0.542. The number of halogens is 1. The van der Waals surface area contributed by atoms with Gasteiger partial charge in [-0.2, -0.15) is 0 Å². The molecule has 3 aromatic rings. The Morgan fingerprint density at radius 3 is 2.35 bits per heavy atom. The molecule has 0 fully saturated rings. The molecule has 0 unspecified atom stereocenters. The number of ether oxygens (including phenoxy) is 1. The zero-order valence-corrected chi connectivity index (χ0v) is 18.0. The highest BCUT2D eigenvalue weighted by Crippen LogP contribution is 2.21. The van der Waals surface area contributed by atoms with E-state index in [1.165, 1.54) is 60.7 Å². The van der Waals surface area contributed by atoms with Crippen molar-refractivity contribution >= 4 is 33.2 Å². The number of hydrogen-bond acceptors (Lipinski definition) is 7. The lowest BCUT2D eigenvalue weighted by Gasteiger charge is -2.10. The first-order valence-electron chi connectivity index (χ1n) is 9.49. The summed E-state index contributed by atoms with van der Waals surface area (Å²) < 4.78 is 45.7. The third-order valence-corrected chi connectivity index (χ3v) is 5.63. The minimum atomic E-state index is -4.11. The van der Waals surface area contributed by atoms with Gasteiger partial charge in [0.25, 0.3) is 27.5 Å². The Bertz CT molecular complexity index is 1330. The van der Waals surface area contributed by atoms with Gasteiger partial charge in [-0.25, -0.2) is 12.8 Å². The summed E-state index contributed by atoms with van der Waals surface area (Å²) in [7, 11) is -4.11. The van der Waals surface area contributed by atoms with Gasteiger partial charge in [-0.3, -0.25) is 35.3 Å². The summed E-state index contributed by atoms with van der Waals surface area (Å²) in [6.07, 6.45) is 0. The fourth-order valence-corrected chi connectivity index (χ4v) is 3.71. The summed E-state index contributed by atoms with van der Waals surface area (Å²) in [6, 6.07) is 15.2. The van der Waals surface area contributed by atoms with Crippen molar-refractivity contribution in [2.45, 2.75) is 4.90 Å². The van der Waals surface area contributed by atoms with Crippen molar-refractivity contribution < 1.29 is 32.1 Å². The molecule has 11 nitrogen and oxygen atoms in total. The van der Waals surface area contributed by atoms with Crippen LogP contribution in [0.1, 0.15) is 10.4 Å². The second-order valence-corrected chi connectivity index (χ2v) is 8.34. The van der Waals surface area contributed by atoms with Crippen molar-refractivity contribution in [1.82, 2.24) is 10.9 Å². The molecule has 13 heteroatoms. The first kappa shape index (κ1) is 24.1. The van der Waals surface area contributed by atoms with Crippen molar-refractivity contribution in [3.05, 3.63) is 94.3 Å². The molecule has 0 bridgehead atoms. The standard InChI is InChI=1S/C21H17FN4O7S/c22-18-6-1-2-7-19(18)33-13-20(27)23-24-21(28)14-8-10-15(11-9-14)25-34(31,32)17-5-3-4-16(12-17)26(29)30/h1-12,25H,13H2,(H,23,27)(H,24,28). The molecule has 2 amide bonds. The van der Waals surface area contributed by atoms with Crippen LogP contribution in [0.25, 0.3) is 0 Å². The number of hydrogen-bond donors (Lipinski definition) is 3. The Kier molecular flexibility index (Phi) is 7.38. The van der Waals surface area contributed by atoms with E-state index in [0.29, 0.717) is 0 Å². The molecule has 0 saturated heterocycles. The Morgan fingerprint density at radius 2 is 1.68 bits per heavy atom. The van der Waals surface area contributed by atoms with Gasteiger partial charge in [0.2, 0.25) is 0 Å². The first-order chi connectivity index (χ1) is 16.2. The van der Waals surface area contributed by atoms with Gasteiger partial charge in [0.05, 0.1) is 9.82 Å². The highest BCUT2D eigenvalue weighted by molar-refractivity contribution is 7.92. The van der Waals surface area contributed by atoms with Crippen molar-refractivity contribution in [1.29, 1.82) is 0 Å². The van der Waals surface area contributed by atoms with E-state index in [9.17, 15) is 32.5 Å². The maximum absolute atomic E-state index is 13.5. The number of amides is 2. The molecule has 3 rings (SSSR count). The zero-order valence-electron chi connectivity index (χ0n) is 17.2. The number of carbonyl (C=O) groups excluding carboxylic acids is 2. The van der Waals surface area contributed by atoms with Crippen LogP contribution in [0, 0.1) is 15.9 Å². The van der Waals surface area contributed by atoms with Crippen molar-refractivity contribution in [2.24, 2.45) is 0 Å². The maximum atomic E-state index is 13.5. The molecular weight excluding hydrogens is 471 g/mol. The largest absolute Gasteiger partial charge is 0.481 e. The predicted octanol–water partition coefficient (Wildman–Crippen LogP) is 2.37. The Hall–Kier alpha value is -4.52. The van der Waals surface area contributed by atoms with Crippen LogP contribution in [0.2, 0.25) is 0 Å². The summed E-state index contributed by atoms with van der Waals surface area (Å²) in [5, 5.41) is 10.9. The van der Waals surface area contributed by atoms with Crippen LogP contribution in [0.4, 0.5) is 15.8 Å². The number of nitro groups is 1. The molecule has 3 aromatic carbocycles. The number of benzene rings is 3. The first-order valence-corrected chi connectivity index (χ1v) is 11.0. The molecule has 0 radical (unpaired) electrons. The lowest BCUT2D eigenvalue weighted by atomic mass is 10.2. The molecule has 176 valence electrons. The number of anilines is 1. The van der Waals surface area contributed by atoms with Crippen molar-refractivity contribution in [3.8, 4) is 5.75 Å². The van der Waals surface area contributed by atoms with Gasteiger partial charge < -0.3 is 4.74 Å². The third-order valence-electron chi connectivity index (χ3n) is 4.25. The SMILES string of the molecule is O=C(COc1ccccc1F)NNC(=O)c1ccc(NS(=O)(=O)c2cccc([N+](=O)[O-])c2)cc1. The molecule has 0 aliphatic carbocycles. The Morgan fingerprint density at radius 1 is 0.971 bits per heavy atom. The van der Waals surface area contributed by atoms with Gasteiger partial charge >= 0.3 is 0 Å². The van der Waals surface area contributed by atoms with Gasteiger partial charge in [-0.05, 0) is 42.5 Å². The summed E-state index contributed by atoms with van der Waals surface area (Å²) in [5.74, 6) is -2.20. The fraction of sp³-hybridized carbons (Fsp3) is 0.0476. The Balaban J connectivity index is 1.55. The highest BCUT2D eigenvalue weighted by atomic mass is 32.2. The van der Waals surface area contributed by atoms with Crippen LogP contribution in [-0.2, 0) is 14.8 Å². The van der Waals surface area contributed by atoms with Crippen LogP contribution in [0.3, 0.4) is 0 Å². The van der Waals surface area contributed by atoms with Gasteiger partial charge in [0, 0.05) is 23.4 Å². The maximum Gasteiger partial charge on any atom is 0.276 e. The van der Waals surface area contributed by atoms with Crippen molar-refractivity contribution in [2.75, 3.05) is 11.3 Å². The molecular formula is C21H17FN4O7S. The smallest absolute Gasteiger partial charge is 0.276 e. The third kappa shape index (κ3) is 6.26. The van der Waals surface area contributed by atoms with E-state index in [-0.39, 0.29) is 27.6 Å². The number of nitro benzene ring substituents is 1. The average Bonchev–Trinajstić information content (AvgIpc) is 2.82. The minimum absolute atomic E-state index is 0.0913. The number of nitrogens with one attached hydrogen (secondary N) is 3. The zero-order chi connectivity index (χ0) is 24.7. The molecule has 0 aromatic heterocycles. The summed E-state index contributed by atoms with van der Waals surface area (Å²) in [4.78, 5) is 33.8. The number of para-hydroxylation sites is 1. The number of hydrazine groups is 1. The molecule has 0 atom stereocenters. The van der Waals surface area contributed by atoms with E-state index < -0.39 is 39.2 Å². The van der Waals surface area contributed by atoms with Crippen LogP contribution in [-0.4, -0.2) is 31.8 Å². The van der Waals surface area contributed by atoms with Gasteiger partial charge in [-0.15, -0.1) is 0 Å². The minimum Gasteiger partial charge on any atom is -0.481 e. The average molecular weight is 488 g/mol. The van der Waals surface area contributed by atoms with Crippen LogP contribution < -0.4 is 20.3 Å². The normalized spacial score (nSPS) is 10.7. The lowest BCUT2D eigenvalue weighted by molar-refractivity contribution is -0.385. The van der Waals surface area contributed by atoms with Gasteiger partial charge in [-0.1, -0.05) is 18.2 Å². The van der Waals surface area contributed by atoms with E-state index in [2.05, 4.69) is 15.6 Å². The predicted molar refractivity (Wildman–Crippen MR) is 118 cm³/mol. The van der Waals surface area contributed by atoms with Crippen LogP contribution >= 0.6 is 0 Å². The molecule has 3 N–H and O–H groups in total. The number of nitrogens with zero attached hydrogens (tertiary/aromatic N) is 1. The second kappa shape index (κ2) is 10.4. The molecule has 0 spiro atoms. The van der Waals surface area contributed by atoms with E-state index in [0.717, 1.165) is 12.1 Å². The van der Waals surface area contributed by atoms with Crippen molar-refractivity contribution in [3.63, 3.8) is 0 Å². The molecule has 0 heterocycles. The molecule has 0 aliphatic rings. The number of rotatable bonds is 8. The second-order valence-electron chi connectivity index (χ2n) is 6.66. The lowest BCUT2D eigenvalue weighted by Crippen LogP contribution is -2.43. The topological polar surface area (TPSA) is 157 Å². The summed E-state index contributed by atoms with van der Waals surface area (Å²) in [5.41, 5.74) is 4.07. The number of carbonyl (C=O) groups is 2. The van der Waals surface area contributed by atoms with Gasteiger partial charge in [0.15, 0.2) is 18.2 Å². The van der Waals surface area contributed by atoms with E-state index >= 15 is 0 Å². The quantitative estimate of drug-likeness (QED) is 0.324.